The summed E-state index contributed by atoms with van der Waals surface area (Å²) in [6, 6.07) is 9.40. The van der Waals surface area contributed by atoms with Gasteiger partial charge in [-0.15, -0.1) is 0 Å². The number of hydrogen-bond donors (Lipinski definition) is 0. The van der Waals surface area contributed by atoms with Crippen LogP contribution in [0.15, 0.2) is 55.1 Å². The molecule has 0 N–H and O–H groups in total. The highest BCUT2D eigenvalue weighted by atomic mass is 16.2. The Bertz CT molecular complexity index is 806. The maximum atomic E-state index is 13.0. The van der Waals surface area contributed by atoms with Crippen LogP contribution < -0.4 is 0 Å². The van der Waals surface area contributed by atoms with E-state index in [1.807, 2.05) is 59.2 Å². The van der Waals surface area contributed by atoms with E-state index in [0.29, 0.717) is 18.7 Å². The molecule has 0 bridgehead atoms. The normalized spacial score (nSPS) is 10.8. The lowest BCUT2D eigenvalue weighted by Crippen LogP contribution is -2.32. The van der Waals surface area contributed by atoms with Crippen molar-refractivity contribution in [3.63, 3.8) is 0 Å². The van der Waals surface area contributed by atoms with E-state index in [-0.39, 0.29) is 5.91 Å². The summed E-state index contributed by atoms with van der Waals surface area (Å²) >= 11 is 0. The molecule has 124 valence electrons. The fourth-order valence-corrected chi connectivity index (χ4v) is 2.63. The average molecular weight is 323 g/mol. The van der Waals surface area contributed by atoms with Gasteiger partial charge in [0.05, 0.1) is 12.2 Å². The smallest absolute Gasteiger partial charge is 0.254 e. The van der Waals surface area contributed by atoms with Crippen LogP contribution in [0.2, 0.25) is 0 Å². The summed E-state index contributed by atoms with van der Waals surface area (Å²) < 4.78 is 3.69. The number of carbonyl (C=O) groups is 1. The molecule has 0 fully saturated rings. The van der Waals surface area contributed by atoms with E-state index in [4.69, 9.17) is 0 Å². The first kappa shape index (κ1) is 16.0. The molecule has 3 aromatic rings. The van der Waals surface area contributed by atoms with E-state index in [0.717, 1.165) is 17.9 Å². The number of rotatable bonds is 6. The van der Waals surface area contributed by atoms with E-state index in [9.17, 15) is 4.79 Å². The second-order valence-electron chi connectivity index (χ2n) is 5.68. The van der Waals surface area contributed by atoms with Crippen LogP contribution in [0.25, 0.3) is 5.69 Å². The van der Waals surface area contributed by atoms with Crippen molar-refractivity contribution in [3.8, 4) is 5.69 Å². The molecule has 2 heterocycles. The lowest BCUT2D eigenvalue weighted by atomic mass is 10.1. The zero-order chi connectivity index (χ0) is 16.9. The minimum atomic E-state index is 0.00820. The summed E-state index contributed by atoms with van der Waals surface area (Å²) in [6.45, 7) is 3.26. The van der Waals surface area contributed by atoms with Gasteiger partial charge in [0.15, 0.2) is 0 Å². The SMILES string of the molecule is CCCN(Cc1nccn1C)C(=O)c1cccc(-n2cccn2)c1. The Morgan fingerprint density at radius 1 is 1.21 bits per heavy atom. The molecule has 6 nitrogen and oxygen atoms in total. The Morgan fingerprint density at radius 2 is 2.08 bits per heavy atom. The van der Waals surface area contributed by atoms with Crippen molar-refractivity contribution in [2.24, 2.45) is 7.05 Å². The average Bonchev–Trinajstić information content (AvgIpc) is 3.26. The molecule has 24 heavy (non-hydrogen) atoms. The number of carbonyl (C=O) groups excluding carboxylic acids is 1. The monoisotopic (exact) mass is 323 g/mol. The first-order chi connectivity index (χ1) is 11.7. The maximum absolute atomic E-state index is 13.0. The standard InChI is InChI=1S/C18H21N5O/c1-3-10-22(14-17-19-9-12-21(17)2)18(24)15-6-4-7-16(13-15)23-11-5-8-20-23/h4-9,11-13H,3,10,14H2,1-2H3. The van der Waals surface area contributed by atoms with Crippen molar-refractivity contribution in [1.82, 2.24) is 24.2 Å². The van der Waals surface area contributed by atoms with E-state index in [1.165, 1.54) is 0 Å². The Hall–Kier alpha value is -2.89. The second-order valence-corrected chi connectivity index (χ2v) is 5.68. The number of amides is 1. The van der Waals surface area contributed by atoms with Gasteiger partial charge in [-0.1, -0.05) is 13.0 Å². The maximum Gasteiger partial charge on any atom is 0.254 e. The summed E-state index contributed by atoms with van der Waals surface area (Å²) in [7, 11) is 1.94. The quantitative estimate of drug-likeness (QED) is 0.701. The number of nitrogens with zero attached hydrogens (tertiary/aromatic N) is 5. The first-order valence-electron chi connectivity index (χ1n) is 8.04. The molecule has 0 aliphatic heterocycles. The van der Waals surface area contributed by atoms with Crippen molar-refractivity contribution in [2.45, 2.75) is 19.9 Å². The molecule has 1 amide bonds. The third-order valence-electron chi connectivity index (χ3n) is 3.90. The van der Waals surface area contributed by atoms with Gasteiger partial charge in [-0.2, -0.15) is 5.10 Å². The minimum Gasteiger partial charge on any atom is -0.337 e. The van der Waals surface area contributed by atoms with Crippen LogP contribution in [0.4, 0.5) is 0 Å². The Kier molecular flexibility index (Phi) is 4.74. The third-order valence-corrected chi connectivity index (χ3v) is 3.90. The van der Waals surface area contributed by atoms with Gasteiger partial charge in [0.1, 0.15) is 5.82 Å². The van der Waals surface area contributed by atoms with Crippen LogP contribution >= 0.6 is 0 Å². The first-order valence-corrected chi connectivity index (χ1v) is 8.04. The highest BCUT2D eigenvalue weighted by molar-refractivity contribution is 5.94. The zero-order valence-electron chi connectivity index (χ0n) is 14.0. The third kappa shape index (κ3) is 3.37. The molecular weight excluding hydrogens is 302 g/mol. The molecule has 0 saturated carbocycles. The van der Waals surface area contributed by atoms with Crippen molar-refractivity contribution in [3.05, 3.63) is 66.5 Å². The lowest BCUT2D eigenvalue weighted by Gasteiger charge is -2.22. The van der Waals surface area contributed by atoms with Crippen molar-refractivity contribution in [2.75, 3.05) is 6.54 Å². The fourth-order valence-electron chi connectivity index (χ4n) is 2.63. The van der Waals surface area contributed by atoms with E-state index in [2.05, 4.69) is 17.0 Å². The molecule has 6 heteroatoms. The molecule has 3 rings (SSSR count). The van der Waals surface area contributed by atoms with Crippen molar-refractivity contribution < 1.29 is 4.79 Å². The number of imidazole rings is 1. The van der Waals surface area contributed by atoms with Crippen LogP contribution in [0.5, 0.6) is 0 Å². The van der Waals surface area contributed by atoms with Crippen LogP contribution in [0.1, 0.15) is 29.5 Å². The van der Waals surface area contributed by atoms with Crippen molar-refractivity contribution >= 4 is 5.91 Å². The molecule has 1 aromatic carbocycles. The number of aromatic nitrogens is 4. The van der Waals surface area contributed by atoms with E-state index in [1.54, 1.807) is 17.1 Å². The summed E-state index contributed by atoms with van der Waals surface area (Å²) in [5.41, 5.74) is 1.53. The van der Waals surface area contributed by atoms with Crippen LogP contribution in [-0.2, 0) is 13.6 Å². The van der Waals surface area contributed by atoms with Gasteiger partial charge in [0, 0.05) is 43.9 Å². The highest BCUT2D eigenvalue weighted by Crippen LogP contribution is 2.14. The molecule has 0 saturated heterocycles. The molecule has 0 aliphatic carbocycles. The Balaban J connectivity index is 1.85. The van der Waals surface area contributed by atoms with Gasteiger partial charge in [-0.3, -0.25) is 4.79 Å². The predicted octanol–water partition coefficient (Wildman–Crippen LogP) is 2.66. The Morgan fingerprint density at radius 3 is 2.75 bits per heavy atom. The summed E-state index contributed by atoms with van der Waals surface area (Å²) in [5.74, 6) is 0.883. The summed E-state index contributed by atoms with van der Waals surface area (Å²) in [4.78, 5) is 19.1. The molecule has 0 radical (unpaired) electrons. The van der Waals surface area contributed by atoms with Gasteiger partial charge >= 0.3 is 0 Å². The number of hydrogen-bond acceptors (Lipinski definition) is 3. The minimum absolute atomic E-state index is 0.00820. The van der Waals surface area contributed by atoms with E-state index < -0.39 is 0 Å². The van der Waals surface area contributed by atoms with Crippen LogP contribution in [0.3, 0.4) is 0 Å². The zero-order valence-corrected chi connectivity index (χ0v) is 14.0. The number of aryl methyl sites for hydroxylation is 1. The topological polar surface area (TPSA) is 56.0 Å². The fraction of sp³-hybridized carbons (Fsp3) is 0.278. The largest absolute Gasteiger partial charge is 0.337 e. The molecule has 2 aromatic heterocycles. The van der Waals surface area contributed by atoms with Crippen molar-refractivity contribution in [1.29, 1.82) is 0 Å². The van der Waals surface area contributed by atoms with Gasteiger partial charge in [-0.05, 0) is 30.7 Å². The molecule has 0 spiro atoms. The van der Waals surface area contributed by atoms with Gasteiger partial charge in [0.25, 0.3) is 5.91 Å². The summed E-state index contributed by atoms with van der Waals surface area (Å²) in [5, 5.41) is 4.22. The highest BCUT2D eigenvalue weighted by Gasteiger charge is 2.17. The van der Waals surface area contributed by atoms with E-state index >= 15 is 0 Å². The summed E-state index contributed by atoms with van der Waals surface area (Å²) in [6.07, 6.45) is 8.12. The van der Waals surface area contributed by atoms with Crippen LogP contribution in [0, 0.1) is 0 Å². The predicted molar refractivity (Wildman–Crippen MR) is 91.8 cm³/mol. The molecular formula is C18H21N5O. The second kappa shape index (κ2) is 7.12. The van der Waals surface area contributed by atoms with Crippen LogP contribution in [-0.4, -0.2) is 36.7 Å². The number of benzene rings is 1. The van der Waals surface area contributed by atoms with Gasteiger partial charge < -0.3 is 9.47 Å². The van der Waals surface area contributed by atoms with Gasteiger partial charge in [0.2, 0.25) is 0 Å². The molecule has 0 aliphatic rings. The molecule has 0 atom stereocenters. The Labute approximate surface area is 141 Å². The molecule has 0 unspecified atom stereocenters. The van der Waals surface area contributed by atoms with Gasteiger partial charge in [-0.25, -0.2) is 9.67 Å². The lowest BCUT2D eigenvalue weighted by molar-refractivity contribution is 0.0737.